The number of halogens is 4. The Hall–Kier alpha value is -2.83. The van der Waals surface area contributed by atoms with E-state index in [2.05, 4.69) is 22.5 Å². The van der Waals surface area contributed by atoms with Crippen LogP contribution in [0.1, 0.15) is 47.0 Å². The van der Waals surface area contributed by atoms with E-state index in [9.17, 15) is 22.8 Å². The molecule has 1 aliphatic heterocycles. The van der Waals surface area contributed by atoms with Gasteiger partial charge in [0.1, 0.15) is 5.00 Å². The van der Waals surface area contributed by atoms with Crippen molar-refractivity contribution in [1.29, 1.82) is 0 Å². The number of carbonyl (C=O) groups is 3. The molecule has 1 aromatic carbocycles. The van der Waals surface area contributed by atoms with Crippen LogP contribution in [0.2, 0.25) is 5.02 Å². The number of urea groups is 1. The molecule has 5 N–H and O–H groups in total. The second-order valence-electron chi connectivity index (χ2n) is 9.09. The van der Waals surface area contributed by atoms with Crippen molar-refractivity contribution in [2.24, 2.45) is 11.1 Å². The quantitative estimate of drug-likeness (QED) is 0.403. The molecule has 0 bridgehead atoms. The zero-order valence-corrected chi connectivity index (χ0v) is 20.9. The number of nitrogens with two attached hydrogens (primary N) is 1. The highest BCUT2D eigenvalue weighted by Gasteiger charge is 2.38. The molecule has 13 heteroatoms. The van der Waals surface area contributed by atoms with Crippen molar-refractivity contribution in [2.45, 2.75) is 45.3 Å². The smallest absolute Gasteiger partial charge is 0.475 e. The van der Waals surface area contributed by atoms with Crippen LogP contribution < -0.4 is 16.4 Å². The molecule has 8 nitrogen and oxygen atoms in total. The Morgan fingerprint density at radius 1 is 1.19 bits per heavy atom. The normalized spacial score (nSPS) is 16.6. The summed E-state index contributed by atoms with van der Waals surface area (Å²) >= 11 is 7.33. The van der Waals surface area contributed by atoms with Gasteiger partial charge in [0, 0.05) is 35.2 Å². The van der Waals surface area contributed by atoms with Gasteiger partial charge < -0.3 is 16.2 Å². The van der Waals surface area contributed by atoms with Crippen LogP contribution >= 0.6 is 22.9 Å². The van der Waals surface area contributed by atoms with Crippen LogP contribution in [-0.4, -0.2) is 47.2 Å². The van der Waals surface area contributed by atoms with Crippen LogP contribution in [0.15, 0.2) is 24.3 Å². The first-order valence-electron chi connectivity index (χ1n) is 11.1. The van der Waals surface area contributed by atoms with Crippen molar-refractivity contribution in [3.8, 4) is 0 Å². The Morgan fingerprint density at radius 2 is 1.81 bits per heavy atom. The van der Waals surface area contributed by atoms with Gasteiger partial charge in [-0.25, -0.2) is 9.59 Å². The lowest BCUT2D eigenvalue weighted by Gasteiger charge is -2.43. The monoisotopic (exact) mass is 546 g/mol. The second kappa shape index (κ2) is 11.1. The van der Waals surface area contributed by atoms with Gasteiger partial charge in [0.25, 0.3) is 5.91 Å². The van der Waals surface area contributed by atoms with Gasteiger partial charge in [0.05, 0.1) is 5.56 Å². The molecular weight excluding hydrogens is 521 g/mol. The number of anilines is 2. The minimum Gasteiger partial charge on any atom is -0.475 e. The van der Waals surface area contributed by atoms with E-state index in [0.717, 1.165) is 36.5 Å². The number of fused-ring (bicyclic) bond motifs is 1. The first-order valence-corrected chi connectivity index (χ1v) is 12.3. The molecular formula is C23H26ClF3N4O4S. The van der Waals surface area contributed by atoms with E-state index >= 15 is 0 Å². The van der Waals surface area contributed by atoms with Crippen molar-refractivity contribution in [2.75, 3.05) is 23.7 Å². The molecule has 1 saturated carbocycles. The third kappa shape index (κ3) is 7.11. The minimum absolute atomic E-state index is 0.410. The molecule has 0 radical (unpaired) electrons. The predicted molar refractivity (Wildman–Crippen MR) is 132 cm³/mol. The number of alkyl halides is 3. The molecule has 2 heterocycles. The average Bonchev–Trinajstić information content (AvgIpc) is 3.11. The van der Waals surface area contributed by atoms with E-state index in [1.54, 1.807) is 24.3 Å². The molecule has 36 heavy (non-hydrogen) atoms. The first kappa shape index (κ1) is 27.8. The minimum atomic E-state index is -5.08. The molecule has 0 atom stereocenters. The summed E-state index contributed by atoms with van der Waals surface area (Å²) in [7, 11) is 0. The van der Waals surface area contributed by atoms with Crippen LogP contribution in [0, 0.1) is 5.41 Å². The van der Waals surface area contributed by atoms with Gasteiger partial charge in [0.15, 0.2) is 0 Å². The highest BCUT2D eigenvalue weighted by atomic mass is 35.5. The Kier molecular flexibility index (Phi) is 8.52. The maximum Gasteiger partial charge on any atom is 0.490 e. The zero-order chi connectivity index (χ0) is 26.7. The summed E-state index contributed by atoms with van der Waals surface area (Å²) in [6.45, 7) is 5.14. The lowest BCUT2D eigenvalue weighted by molar-refractivity contribution is -0.192. The molecule has 3 amide bonds. The highest BCUT2D eigenvalue weighted by molar-refractivity contribution is 7.17. The number of carboxylic acid groups (broad SMARTS) is 1. The van der Waals surface area contributed by atoms with E-state index in [-0.39, 0.29) is 0 Å². The van der Waals surface area contributed by atoms with Crippen molar-refractivity contribution >= 4 is 51.5 Å². The van der Waals surface area contributed by atoms with E-state index in [4.69, 9.17) is 27.2 Å². The molecule has 4 rings (SSSR count). The Morgan fingerprint density at radius 3 is 2.31 bits per heavy atom. The summed E-state index contributed by atoms with van der Waals surface area (Å²) in [5.41, 5.74) is 8.13. The lowest BCUT2D eigenvalue weighted by Crippen LogP contribution is -2.42. The van der Waals surface area contributed by atoms with Gasteiger partial charge in [-0.1, -0.05) is 24.9 Å². The van der Waals surface area contributed by atoms with Crippen LogP contribution in [0.4, 0.5) is 28.7 Å². The summed E-state index contributed by atoms with van der Waals surface area (Å²) in [5.74, 6) is -3.25. The fourth-order valence-corrected chi connectivity index (χ4v) is 5.63. The fourth-order valence-electron chi connectivity index (χ4n) is 4.22. The molecule has 1 aliphatic carbocycles. The zero-order valence-electron chi connectivity index (χ0n) is 19.4. The molecule has 2 aliphatic rings. The second-order valence-corrected chi connectivity index (χ2v) is 10.6. The number of hydrogen-bond donors (Lipinski definition) is 4. The molecule has 0 saturated heterocycles. The number of rotatable bonds is 5. The number of carbonyl (C=O) groups excluding carboxylic acids is 2. The van der Waals surface area contributed by atoms with Gasteiger partial charge >= 0.3 is 18.2 Å². The number of nitrogens with one attached hydrogen (secondary N) is 2. The summed E-state index contributed by atoms with van der Waals surface area (Å²) in [6.07, 6.45) is -0.423. The van der Waals surface area contributed by atoms with Gasteiger partial charge in [-0.15, -0.1) is 11.3 Å². The van der Waals surface area contributed by atoms with E-state index in [0.29, 0.717) is 26.7 Å². The largest absolute Gasteiger partial charge is 0.490 e. The van der Waals surface area contributed by atoms with Crippen molar-refractivity contribution < 1.29 is 32.7 Å². The molecule has 1 fully saturated rings. The number of thiophene rings is 1. The molecule has 2 aromatic rings. The van der Waals surface area contributed by atoms with Crippen molar-refractivity contribution in [3.63, 3.8) is 0 Å². The highest BCUT2D eigenvalue weighted by Crippen LogP contribution is 2.43. The number of aliphatic carboxylic acids is 1. The molecule has 0 spiro atoms. The number of nitrogens with zero attached hydrogens (tertiary/aromatic N) is 1. The predicted octanol–water partition coefficient (Wildman–Crippen LogP) is 5.33. The first-order chi connectivity index (χ1) is 16.8. The molecule has 196 valence electrons. The topological polar surface area (TPSA) is 125 Å². The number of carboxylic acids is 1. The van der Waals surface area contributed by atoms with Gasteiger partial charge in [0.2, 0.25) is 0 Å². The van der Waals surface area contributed by atoms with E-state index in [1.807, 2.05) is 0 Å². The maximum absolute atomic E-state index is 12.4. The number of primary amides is 1. The number of benzene rings is 1. The van der Waals surface area contributed by atoms with Crippen LogP contribution in [0.25, 0.3) is 0 Å². The van der Waals surface area contributed by atoms with Crippen molar-refractivity contribution in [3.05, 3.63) is 45.3 Å². The Labute approximate surface area is 214 Å². The van der Waals surface area contributed by atoms with Crippen LogP contribution in [0.5, 0.6) is 0 Å². The third-order valence-electron chi connectivity index (χ3n) is 6.12. The summed E-state index contributed by atoms with van der Waals surface area (Å²) in [5, 5.41) is 13.8. The van der Waals surface area contributed by atoms with Gasteiger partial charge in [-0.2, -0.15) is 13.2 Å². The standard InChI is InChI=1S/C21H25ClN4O2S.C2HF3O2/c1-21(8-2-9-21)12-26-10-7-15-16(11-26)29-19(17(15)18(23)27)25-20(28)24-14-5-3-13(22)4-6-14;3-2(4,5)1(6)7/h3-6H,2,7-12H2,1H3,(H2,23,27)(H2,24,25,28);(H,6,7). The average molecular weight is 547 g/mol. The van der Waals surface area contributed by atoms with Crippen molar-refractivity contribution in [1.82, 2.24) is 4.90 Å². The van der Waals surface area contributed by atoms with E-state index < -0.39 is 24.1 Å². The third-order valence-corrected chi connectivity index (χ3v) is 7.50. The Bertz CT molecular complexity index is 1130. The van der Waals surface area contributed by atoms with Gasteiger partial charge in [-0.05, 0) is 54.5 Å². The number of amides is 3. The Balaban J connectivity index is 0.000000454. The van der Waals surface area contributed by atoms with E-state index in [1.165, 1.54) is 30.6 Å². The fraction of sp³-hybridized carbons (Fsp3) is 0.435. The summed E-state index contributed by atoms with van der Waals surface area (Å²) in [4.78, 5) is 37.0. The summed E-state index contributed by atoms with van der Waals surface area (Å²) < 4.78 is 31.7. The van der Waals surface area contributed by atoms with Gasteiger partial charge in [-0.3, -0.25) is 15.0 Å². The maximum atomic E-state index is 12.4. The molecule has 1 aromatic heterocycles. The SMILES string of the molecule is CC1(CN2CCc3c(sc(NC(=O)Nc4ccc(Cl)cc4)c3C(N)=O)C2)CCC1.O=C(O)C(F)(F)F. The van der Waals surface area contributed by atoms with Crippen LogP contribution in [-0.2, 0) is 17.8 Å². The molecule has 0 unspecified atom stereocenters. The number of hydrogen-bond acceptors (Lipinski definition) is 5. The van der Waals surface area contributed by atoms with Crippen LogP contribution in [0.3, 0.4) is 0 Å². The summed E-state index contributed by atoms with van der Waals surface area (Å²) in [6, 6.07) is 6.43. The lowest BCUT2D eigenvalue weighted by atomic mass is 9.70.